The fraction of sp³-hybridized carbons (Fsp3) is 0.750. The van der Waals surface area contributed by atoms with E-state index < -0.39 is 6.23 Å². The summed E-state index contributed by atoms with van der Waals surface area (Å²) in [6.07, 6.45) is -0.674. The van der Waals surface area contributed by atoms with Crippen LogP contribution in [0.1, 0.15) is 43.0 Å². The summed E-state index contributed by atoms with van der Waals surface area (Å²) >= 11 is 0. The SMILES string of the molecule is C=C(C)OC(NC)C(=O)NC(C)(C)C.CC.[HH]. The minimum absolute atomic E-state index is 0. The molecule has 0 aliphatic heterocycles. The van der Waals surface area contributed by atoms with Crippen molar-refractivity contribution in [2.75, 3.05) is 7.05 Å². The summed E-state index contributed by atoms with van der Waals surface area (Å²) in [5.41, 5.74) is -0.259. The van der Waals surface area contributed by atoms with Gasteiger partial charge in [0.25, 0.3) is 5.91 Å². The van der Waals surface area contributed by atoms with E-state index in [1.165, 1.54) is 0 Å². The van der Waals surface area contributed by atoms with Gasteiger partial charge >= 0.3 is 0 Å². The maximum absolute atomic E-state index is 11.6. The maximum atomic E-state index is 11.6. The largest absolute Gasteiger partial charge is 0.471 e. The Labute approximate surface area is 101 Å². The molecule has 4 heteroatoms. The lowest BCUT2D eigenvalue weighted by atomic mass is 10.1. The van der Waals surface area contributed by atoms with Crippen molar-refractivity contribution >= 4 is 5.91 Å². The van der Waals surface area contributed by atoms with E-state index in [4.69, 9.17) is 4.74 Å². The van der Waals surface area contributed by atoms with Gasteiger partial charge in [0, 0.05) is 6.97 Å². The Hall–Kier alpha value is -1.03. The summed E-state index contributed by atoms with van der Waals surface area (Å²) in [6.45, 7) is 15.0. The second kappa shape index (κ2) is 8.16. The van der Waals surface area contributed by atoms with Crippen LogP contribution in [-0.4, -0.2) is 24.7 Å². The molecule has 0 radical (unpaired) electrons. The third kappa shape index (κ3) is 9.52. The van der Waals surface area contributed by atoms with Crippen LogP contribution < -0.4 is 10.6 Å². The van der Waals surface area contributed by atoms with Crippen LogP contribution in [0.4, 0.5) is 0 Å². The highest BCUT2D eigenvalue weighted by Gasteiger charge is 2.22. The molecule has 0 bridgehead atoms. The van der Waals surface area contributed by atoms with Crippen molar-refractivity contribution in [2.24, 2.45) is 0 Å². The fourth-order valence-electron chi connectivity index (χ4n) is 0.880. The summed E-state index contributed by atoms with van der Waals surface area (Å²) in [5.74, 6) is 0.316. The fourth-order valence-corrected chi connectivity index (χ4v) is 0.880. The van der Waals surface area contributed by atoms with Crippen LogP contribution in [-0.2, 0) is 9.53 Å². The van der Waals surface area contributed by atoms with Gasteiger partial charge in [-0.15, -0.1) is 0 Å². The Morgan fingerprint density at radius 1 is 1.38 bits per heavy atom. The molecular weight excluding hydrogens is 204 g/mol. The first-order valence-electron chi connectivity index (χ1n) is 5.57. The third-order valence-electron chi connectivity index (χ3n) is 1.32. The second-order valence-electron chi connectivity index (χ2n) is 4.23. The van der Waals surface area contributed by atoms with Crippen molar-refractivity contribution in [1.29, 1.82) is 0 Å². The predicted octanol–water partition coefficient (Wildman–Crippen LogP) is 2.27. The van der Waals surface area contributed by atoms with Gasteiger partial charge in [0.1, 0.15) is 0 Å². The van der Waals surface area contributed by atoms with Crippen molar-refractivity contribution in [3.05, 3.63) is 12.3 Å². The minimum Gasteiger partial charge on any atom is -0.471 e. The average molecular weight is 232 g/mol. The Morgan fingerprint density at radius 3 is 2.06 bits per heavy atom. The molecule has 0 saturated carbocycles. The van der Waals surface area contributed by atoms with Crippen LogP contribution in [0.25, 0.3) is 0 Å². The lowest BCUT2D eigenvalue weighted by molar-refractivity contribution is -0.133. The number of nitrogens with one attached hydrogen (secondary N) is 2. The predicted molar refractivity (Wildman–Crippen MR) is 70.1 cm³/mol. The molecule has 16 heavy (non-hydrogen) atoms. The highest BCUT2D eigenvalue weighted by atomic mass is 16.5. The molecule has 0 spiro atoms. The number of amides is 1. The number of hydrogen-bond acceptors (Lipinski definition) is 3. The van der Waals surface area contributed by atoms with Crippen molar-refractivity contribution < 1.29 is 11.0 Å². The van der Waals surface area contributed by atoms with E-state index in [-0.39, 0.29) is 12.9 Å². The molecule has 0 aliphatic rings. The first-order chi connectivity index (χ1) is 7.26. The van der Waals surface area contributed by atoms with Crippen molar-refractivity contribution in [1.82, 2.24) is 10.6 Å². The van der Waals surface area contributed by atoms with E-state index in [0.29, 0.717) is 5.76 Å². The van der Waals surface area contributed by atoms with E-state index in [9.17, 15) is 4.79 Å². The molecule has 4 nitrogen and oxygen atoms in total. The topological polar surface area (TPSA) is 50.4 Å². The van der Waals surface area contributed by atoms with Gasteiger partial charge < -0.3 is 10.1 Å². The molecule has 1 amide bonds. The first-order valence-corrected chi connectivity index (χ1v) is 5.57. The first kappa shape index (κ1) is 17.4. The van der Waals surface area contributed by atoms with Crippen molar-refractivity contribution in [3.8, 4) is 0 Å². The van der Waals surface area contributed by atoms with Crippen molar-refractivity contribution in [3.63, 3.8) is 0 Å². The van der Waals surface area contributed by atoms with Crippen LogP contribution in [0, 0.1) is 0 Å². The Balaban J connectivity index is -0.000000616. The quantitative estimate of drug-likeness (QED) is 0.577. The highest BCUT2D eigenvalue weighted by Crippen LogP contribution is 2.02. The van der Waals surface area contributed by atoms with Gasteiger partial charge in [0.05, 0.1) is 5.76 Å². The Kier molecular flexibility index (Phi) is 8.86. The van der Waals surface area contributed by atoms with Crippen LogP contribution in [0.3, 0.4) is 0 Å². The maximum Gasteiger partial charge on any atom is 0.276 e. The van der Waals surface area contributed by atoms with Crippen LogP contribution in [0.2, 0.25) is 0 Å². The van der Waals surface area contributed by atoms with Gasteiger partial charge in [-0.2, -0.15) is 0 Å². The molecule has 2 N–H and O–H groups in total. The van der Waals surface area contributed by atoms with E-state index in [0.717, 1.165) is 0 Å². The highest BCUT2D eigenvalue weighted by molar-refractivity contribution is 5.81. The van der Waals surface area contributed by atoms with E-state index in [1.807, 2.05) is 34.6 Å². The van der Waals surface area contributed by atoms with Crippen LogP contribution in [0.5, 0.6) is 0 Å². The number of carbonyl (C=O) groups excluding carboxylic acids is 1. The molecule has 1 unspecified atom stereocenters. The number of carbonyl (C=O) groups is 1. The molecule has 0 aromatic rings. The summed E-state index contributed by atoms with van der Waals surface area (Å²) in [5, 5.41) is 5.57. The third-order valence-corrected chi connectivity index (χ3v) is 1.32. The number of ether oxygens (including phenoxy) is 1. The van der Waals surface area contributed by atoms with Crippen molar-refractivity contribution in [2.45, 2.75) is 53.3 Å². The summed E-state index contributed by atoms with van der Waals surface area (Å²) in [7, 11) is 1.66. The zero-order valence-corrected chi connectivity index (χ0v) is 11.6. The Bertz CT molecular complexity index is 225. The zero-order chi connectivity index (χ0) is 13.4. The van der Waals surface area contributed by atoms with Gasteiger partial charge in [-0.25, -0.2) is 0 Å². The lowest BCUT2D eigenvalue weighted by Crippen LogP contribution is -2.50. The molecule has 0 saturated heterocycles. The van der Waals surface area contributed by atoms with Gasteiger partial charge in [-0.05, 0) is 34.7 Å². The minimum atomic E-state index is -0.674. The molecule has 0 heterocycles. The monoisotopic (exact) mass is 232 g/mol. The van der Waals surface area contributed by atoms with E-state index in [2.05, 4.69) is 17.2 Å². The average Bonchev–Trinajstić information content (AvgIpc) is 2.14. The number of likely N-dealkylation sites (N-methyl/N-ethyl adjacent to an activating group) is 1. The molecule has 0 aromatic carbocycles. The molecule has 0 aliphatic carbocycles. The van der Waals surface area contributed by atoms with E-state index in [1.54, 1.807) is 14.0 Å². The zero-order valence-electron chi connectivity index (χ0n) is 11.6. The lowest BCUT2D eigenvalue weighted by Gasteiger charge is -2.25. The van der Waals surface area contributed by atoms with Crippen LogP contribution in [0.15, 0.2) is 12.3 Å². The van der Waals surface area contributed by atoms with Gasteiger partial charge in [-0.3, -0.25) is 10.1 Å². The molecule has 98 valence electrons. The summed E-state index contributed by atoms with van der Waals surface area (Å²) in [4.78, 5) is 11.6. The molecule has 0 rings (SSSR count). The second-order valence-corrected chi connectivity index (χ2v) is 4.23. The van der Waals surface area contributed by atoms with Crippen LogP contribution >= 0.6 is 0 Å². The number of hydrogen-bond donors (Lipinski definition) is 2. The standard InChI is InChI=1S/C10H20N2O2.C2H6.H2/c1-7(2)14-9(11-6)8(13)12-10(3,4)5;1-2;/h9,11H,1H2,2-6H3,(H,12,13);1-2H3;1H. The number of allylic oxidation sites excluding steroid dienone is 1. The summed E-state index contributed by atoms with van der Waals surface area (Å²) in [6, 6.07) is 0. The molecule has 0 fully saturated rings. The van der Waals surface area contributed by atoms with E-state index >= 15 is 0 Å². The smallest absolute Gasteiger partial charge is 0.276 e. The van der Waals surface area contributed by atoms with Gasteiger partial charge in [-0.1, -0.05) is 20.4 Å². The Morgan fingerprint density at radius 2 is 1.81 bits per heavy atom. The molecular formula is C12H28N2O2. The molecule has 0 aromatic heterocycles. The van der Waals surface area contributed by atoms with Gasteiger partial charge in [0.2, 0.25) is 6.23 Å². The van der Waals surface area contributed by atoms with Gasteiger partial charge in [0.15, 0.2) is 0 Å². The normalized spacial score (nSPS) is 11.9. The summed E-state index contributed by atoms with van der Waals surface area (Å²) < 4.78 is 5.19. The number of rotatable bonds is 4. The molecule has 1 atom stereocenters.